The molecule has 0 atom stereocenters. The Bertz CT molecular complexity index is 769. The van der Waals surface area contributed by atoms with Crippen LogP contribution in [-0.2, 0) is 6.42 Å². The van der Waals surface area contributed by atoms with Crippen molar-refractivity contribution in [1.82, 2.24) is 9.80 Å². The molecule has 0 unspecified atom stereocenters. The molecule has 4 nitrogen and oxygen atoms in total. The van der Waals surface area contributed by atoms with Gasteiger partial charge in [-0.2, -0.15) is 0 Å². The zero-order chi connectivity index (χ0) is 19.5. The first-order chi connectivity index (χ1) is 14.3. The van der Waals surface area contributed by atoms with Crippen molar-refractivity contribution in [2.24, 2.45) is 0 Å². The van der Waals surface area contributed by atoms with Crippen LogP contribution in [0.5, 0.6) is 11.5 Å². The Morgan fingerprint density at radius 3 is 1.52 bits per heavy atom. The lowest BCUT2D eigenvalue weighted by atomic mass is 10.1. The Hall–Kier alpha value is -2.04. The zero-order valence-electron chi connectivity index (χ0n) is 17.4. The SMILES string of the molecule is c1cc2c(cc1OCCN1CCCC1)-c1cc(OCCN3CCCC3)ccc1C2. The minimum atomic E-state index is 0.769. The van der Waals surface area contributed by atoms with Gasteiger partial charge in [-0.1, -0.05) is 12.1 Å². The van der Waals surface area contributed by atoms with E-state index in [4.69, 9.17) is 9.47 Å². The van der Waals surface area contributed by atoms with Crippen molar-refractivity contribution >= 4 is 0 Å². The first-order valence-electron chi connectivity index (χ1n) is 11.3. The monoisotopic (exact) mass is 392 g/mol. The van der Waals surface area contributed by atoms with Crippen molar-refractivity contribution in [3.8, 4) is 22.6 Å². The Balaban J connectivity index is 1.22. The third-order valence-electron chi connectivity index (χ3n) is 6.58. The molecule has 0 N–H and O–H groups in total. The van der Waals surface area contributed by atoms with Crippen LogP contribution in [0.1, 0.15) is 36.8 Å². The molecule has 0 amide bonds. The molecule has 2 saturated heterocycles. The molecular formula is C25H32N2O2. The number of rotatable bonds is 8. The van der Waals surface area contributed by atoms with Crippen LogP contribution in [-0.4, -0.2) is 62.3 Å². The maximum atomic E-state index is 6.08. The van der Waals surface area contributed by atoms with E-state index in [9.17, 15) is 0 Å². The van der Waals surface area contributed by atoms with Gasteiger partial charge in [-0.25, -0.2) is 0 Å². The molecule has 5 rings (SSSR count). The fourth-order valence-electron chi connectivity index (χ4n) is 4.90. The van der Waals surface area contributed by atoms with Gasteiger partial charge in [-0.05, 0) is 105 Å². The van der Waals surface area contributed by atoms with Crippen LogP contribution in [0.2, 0.25) is 0 Å². The lowest BCUT2D eigenvalue weighted by molar-refractivity contribution is 0.237. The van der Waals surface area contributed by atoms with E-state index in [1.54, 1.807) is 0 Å². The summed E-state index contributed by atoms with van der Waals surface area (Å²) < 4.78 is 12.2. The maximum absolute atomic E-state index is 6.08. The summed E-state index contributed by atoms with van der Waals surface area (Å²) in [4.78, 5) is 4.99. The molecule has 0 radical (unpaired) electrons. The number of hydrogen-bond acceptors (Lipinski definition) is 4. The highest BCUT2D eigenvalue weighted by Gasteiger charge is 2.20. The molecule has 2 aromatic rings. The van der Waals surface area contributed by atoms with Gasteiger partial charge in [-0.3, -0.25) is 9.80 Å². The minimum Gasteiger partial charge on any atom is -0.492 e. The fraction of sp³-hybridized carbons (Fsp3) is 0.520. The predicted octanol–water partition coefficient (Wildman–Crippen LogP) is 4.21. The number of likely N-dealkylation sites (tertiary alicyclic amines) is 2. The molecule has 1 aliphatic carbocycles. The van der Waals surface area contributed by atoms with E-state index in [1.807, 2.05) is 0 Å². The molecule has 154 valence electrons. The number of ether oxygens (including phenoxy) is 2. The summed E-state index contributed by atoms with van der Waals surface area (Å²) in [5.41, 5.74) is 5.40. The normalized spacial score (nSPS) is 18.8. The lowest BCUT2D eigenvalue weighted by Gasteiger charge is -2.16. The second-order valence-corrected chi connectivity index (χ2v) is 8.61. The molecular weight excluding hydrogens is 360 g/mol. The minimum absolute atomic E-state index is 0.769. The highest BCUT2D eigenvalue weighted by Crippen LogP contribution is 2.40. The predicted molar refractivity (Wildman–Crippen MR) is 117 cm³/mol. The van der Waals surface area contributed by atoms with Gasteiger partial charge in [0.2, 0.25) is 0 Å². The highest BCUT2D eigenvalue weighted by atomic mass is 16.5. The molecule has 2 aromatic carbocycles. The average molecular weight is 393 g/mol. The van der Waals surface area contributed by atoms with Gasteiger partial charge in [-0.15, -0.1) is 0 Å². The summed E-state index contributed by atoms with van der Waals surface area (Å²) >= 11 is 0. The van der Waals surface area contributed by atoms with Crippen molar-refractivity contribution in [3.05, 3.63) is 47.5 Å². The molecule has 2 aliphatic heterocycles. The van der Waals surface area contributed by atoms with E-state index in [-0.39, 0.29) is 0 Å². The zero-order valence-corrected chi connectivity index (χ0v) is 17.4. The van der Waals surface area contributed by atoms with Gasteiger partial charge in [0.1, 0.15) is 24.7 Å². The van der Waals surface area contributed by atoms with E-state index >= 15 is 0 Å². The standard InChI is InChI=1S/C25H32N2O2/c1-2-10-26(9-1)13-15-28-22-7-5-20-17-21-6-8-23(19-25(21)24(20)18-22)29-16-14-27-11-3-4-12-27/h5-8,18-19H,1-4,9-17H2. The number of hydrogen-bond donors (Lipinski definition) is 0. The average Bonchev–Trinajstić information content (AvgIpc) is 3.49. The molecule has 29 heavy (non-hydrogen) atoms. The summed E-state index contributed by atoms with van der Waals surface area (Å²) in [6.45, 7) is 8.49. The molecule has 2 fully saturated rings. The molecule has 4 heteroatoms. The van der Waals surface area contributed by atoms with Crippen LogP contribution >= 0.6 is 0 Å². The van der Waals surface area contributed by atoms with Crippen LogP contribution in [0.4, 0.5) is 0 Å². The van der Waals surface area contributed by atoms with E-state index in [0.717, 1.165) is 44.2 Å². The van der Waals surface area contributed by atoms with Crippen LogP contribution in [0, 0.1) is 0 Å². The third-order valence-corrected chi connectivity index (χ3v) is 6.58. The Morgan fingerprint density at radius 2 is 1.07 bits per heavy atom. The fourth-order valence-corrected chi connectivity index (χ4v) is 4.90. The first-order valence-corrected chi connectivity index (χ1v) is 11.3. The quantitative estimate of drug-likeness (QED) is 0.573. The van der Waals surface area contributed by atoms with E-state index in [1.165, 1.54) is 74.1 Å². The van der Waals surface area contributed by atoms with Gasteiger partial charge in [0.25, 0.3) is 0 Å². The van der Waals surface area contributed by atoms with Crippen LogP contribution < -0.4 is 9.47 Å². The highest BCUT2D eigenvalue weighted by molar-refractivity contribution is 5.78. The topological polar surface area (TPSA) is 24.9 Å². The Kier molecular flexibility index (Phi) is 5.73. The largest absolute Gasteiger partial charge is 0.492 e. The van der Waals surface area contributed by atoms with Crippen molar-refractivity contribution in [2.45, 2.75) is 32.1 Å². The Morgan fingerprint density at radius 1 is 0.621 bits per heavy atom. The summed E-state index contributed by atoms with van der Waals surface area (Å²) in [7, 11) is 0. The van der Waals surface area contributed by atoms with Gasteiger partial charge >= 0.3 is 0 Å². The summed E-state index contributed by atoms with van der Waals surface area (Å²) in [6.07, 6.45) is 6.33. The van der Waals surface area contributed by atoms with Crippen molar-refractivity contribution in [2.75, 3.05) is 52.5 Å². The third kappa shape index (κ3) is 4.44. The van der Waals surface area contributed by atoms with Gasteiger partial charge in [0, 0.05) is 13.1 Å². The molecule has 0 saturated carbocycles. The second kappa shape index (κ2) is 8.76. The number of nitrogens with zero attached hydrogens (tertiary/aromatic N) is 2. The molecule has 0 bridgehead atoms. The molecule has 0 aromatic heterocycles. The lowest BCUT2D eigenvalue weighted by Crippen LogP contribution is -2.25. The van der Waals surface area contributed by atoms with Gasteiger partial charge in [0.15, 0.2) is 0 Å². The van der Waals surface area contributed by atoms with Crippen LogP contribution in [0.25, 0.3) is 11.1 Å². The van der Waals surface area contributed by atoms with Crippen molar-refractivity contribution in [1.29, 1.82) is 0 Å². The smallest absolute Gasteiger partial charge is 0.120 e. The van der Waals surface area contributed by atoms with Gasteiger partial charge < -0.3 is 9.47 Å². The van der Waals surface area contributed by atoms with E-state index in [0.29, 0.717) is 0 Å². The number of fused-ring (bicyclic) bond motifs is 3. The summed E-state index contributed by atoms with van der Waals surface area (Å²) in [5, 5.41) is 0. The summed E-state index contributed by atoms with van der Waals surface area (Å²) in [6, 6.07) is 13.2. The summed E-state index contributed by atoms with van der Waals surface area (Å²) in [5.74, 6) is 1.97. The molecule has 3 aliphatic rings. The number of benzene rings is 2. The molecule has 2 heterocycles. The second-order valence-electron chi connectivity index (χ2n) is 8.61. The maximum Gasteiger partial charge on any atom is 0.120 e. The van der Waals surface area contributed by atoms with Crippen LogP contribution in [0.15, 0.2) is 36.4 Å². The van der Waals surface area contributed by atoms with E-state index in [2.05, 4.69) is 46.2 Å². The van der Waals surface area contributed by atoms with Crippen LogP contribution in [0.3, 0.4) is 0 Å². The molecule has 0 spiro atoms. The van der Waals surface area contributed by atoms with Gasteiger partial charge in [0.05, 0.1) is 0 Å². The Labute approximate surface area is 174 Å². The van der Waals surface area contributed by atoms with E-state index < -0.39 is 0 Å². The van der Waals surface area contributed by atoms with Crippen molar-refractivity contribution < 1.29 is 9.47 Å². The van der Waals surface area contributed by atoms with Crippen molar-refractivity contribution in [3.63, 3.8) is 0 Å². The first kappa shape index (κ1) is 19.0.